The topological polar surface area (TPSA) is 73.1 Å². The van der Waals surface area contributed by atoms with E-state index in [2.05, 4.69) is 15.3 Å². The van der Waals surface area contributed by atoms with Crippen molar-refractivity contribution in [1.29, 1.82) is 0 Å². The number of hydrogen-bond donors (Lipinski definition) is 2. The molecule has 0 spiro atoms. The lowest BCUT2D eigenvalue weighted by Gasteiger charge is -2.23. The normalized spacial score (nSPS) is 15.7. The van der Waals surface area contributed by atoms with Crippen LogP contribution in [0.25, 0.3) is 0 Å². The maximum atomic E-state index is 12.9. The number of hydrogen-bond acceptors (Lipinski definition) is 5. The molecule has 0 saturated heterocycles. The highest BCUT2D eigenvalue weighted by molar-refractivity contribution is 6.33. The lowest BCUT2D eigenvalue weighted by molar-refractivity contribution is -0.137. The first kappa shape index (κ1) is 18.6. The van der Waals surface area contributed by atoms with Gasteiger partial charge in [0.1, 0.15) is 18.1 Å². The van der Waals surface area contributed by atoms with E-state index in [0.29, 0.717) is 0 Å². The van der Waals surface area contributed by atoms with Gasteiger partial charge >= 0.3 is 6.18 Å². The maximum absolute atomic E-state index is 12.9. The number of halogens is 4. The molecule has 0 aliphatic heterocycles. The number of alkyl halides is 3. The average Bonchev–Trinajstić information content (AvgIpc) is 2.60. The summed E-state index contributed by atoms with van der Waals surface area (Å²) in [5.41, 5.74) is 5.40. The van der Waals surface area contributed by atoms with E-state index in [1.807, 2.05) is 0 Å². The van der Waals surface area contributed by atoms with Gasteiger partial charge in [0.2, 0.25) is 5.88 Å². The highest BCUT2D eigenvalue weighted by Gasteiger charge is 2.31. The van der Waals surface area contributed by atoms with Crippen LogP contribution in [0, 0.1) is 0 Å². The molecule has 0 radical (unpaired) electrons. The number of nitrogen functional groups attached to an aromatic ring is 1. The Morgan fingerprint density at radius 2 is 1.88 bits per heavy atom. The number of aromatic nitrogens is 2. The summed E-state index contributed by atoms with van der Waals surface area (Å²) >= 11 is 6.00. The fourth-order valence-corrected chi connectivity index (χ4v) is 3.00. The van der Waals surface area contributed by atoms with E-state index in [9.17, 15) is 13.2 Å². The molecular formula is C17H18ClF3N4O. The van der Waals surface area contributed by atoms with Gasteiger partial charge in [-0.25, -0.2) is 4.98 Å². The van der Waals surface area contributed by atoms with Crippen LogP contribution in [0.3, 0.4) is 0 Å². The highest BCUT2D eigenvalue weighted by Crippen LogP contribution is 2.36. The second kappa shape index (κ2) is 7.57. The third kappa shape index (κ3) is 4.30. The maximum Gasteiger partial charge on any atom is 0.416 e. The Kier molecular flexibility index (Phi) is 5.41. The predicted octanol–water partition coefficient (Wildman–Crippen LogP) is 5.19. The Hall–Kier alpha value is -2.22. The van der Waals surface area contributed by atoms with E-state index in [1.54, 1.807) is 0 Å². The van der Waals surface area contributed by atoms with Crippen LogP contribution in [0.1, 0.15) is 37.7 Å². The van der Waals surface area contributed by atoms with Gasteiger partial charge in [0, 0.05) is 0 Å². The molecule has 26 heavy (non-hydrogen) atoms. The molecule has 1 aliphatic rings. The third-order valence-electron chi connectivity index (χ3n) is 4.22. The minimum atomic E-state index is -4.48. The second-order valence-corrected chi connectivity index (χ2v) is 6.54. The molecule has 3 N–H and O–H groups in total. The fourth-order valence-electron chi connectivity index (χ4n) is 2.84. The van der Waals surface area contributed by atoms with Crippen molar-refractivity contribution in [1.82, 2.24) is 9.97 Å². The largest absolute Gasteiger partial charge is 0.473 e. The Bertz CT molecular complexity index is 779. The third-order valence-corrected chi connectivity index (χ3v) is 4.55. The van der Waals surface area contributed by atoms with Crippen LogP contribution in [0.2, 0.25) is 5.02 Å². The molecule has 0 bridgehead atoms. The van der Waals surface area contributed by atoms with E-state index < -0.39 is 11.7 Å². The number of anilines is 3. The molecule has 3 rings (SSSR count). The monoisotopic (exact) mass is 386 g/mol. The van der Waals surface area contributed by atoms with Crippen LogP contribution >= 0.6 is 11.6 Å². The molecule has 2 aromatic rings. The van der Waals surface area contributed by atoms with Gasteiger partial charge in [0.25, 0.3) is 0 Å². The first-order valence-electron chi connectivity index (χ1n) is 8.25. The van der Waals surface area contributed by atoms with Crippen molar-refractivity contribution < 1.29 is 17.9 Å². The zero-order chi connectivity index (χ0) is 18.7. The Labute approximate surface area is 153 Å². The minimum Gasteiger partial charge on any atom is -0.473 e. The molecule has 5 nitrogen and oxygen atoms in total. The average molecular weight is 387 g/mol. The van der Waals surface area contributed by atoms with Crippen molar-refractivity contribution >= 4 is 28.8 Å². The molecule has 1 aromatic carbocycles. The molecule has 0 amide bonds. The molecular weight excluding hydrogens is 369 g/mol. The van der Waals surface area contributed by atoms with Gasteiger partial charge in [0.15, 0.2) is 5.82 Å². The van der Waals surface area contributed by atoms with Crippen molar-refractivity contribution in [2.75, 3.05) is 11.1 Å². The van der Waals surface area contributed by atoms with Gasteiger partial charge in [-0.15, -0.1) is 0 Å². The van der Waals surface area contributed by atoms with Crippen LogP contribution in [0.5, 0.6) is 5.88 Å². The first-order chi connectivity index (χ1) is 12.3. The van der Waals surface area contributed by atoms with E-state index in [4.69, 9.17) is 22.1 Å². The summed E-state index contributed by atoms with van der Waals surface area (Å²) in [5, 5.41) is 2.86. The Morgan fingerprint density at radius 3 is 2.58 bits per heavy atom. The first-order valence-corrected chi connectivity index (χ1v) is 8.63. The number of ether oxygens (including phenoxy) is 1. The number of nitrogens with zero attached hydrogens (tertiary/aromatic N) is 2. The smallest absolute Gasteiger partial charge is 0.416 e. The lowest BCUT2D eigenvalue weighted by Crippen LogP contribution is -2.21. The van der Waals surface area contributed by atoms with Gasteiger partial charge in [-0.1, -0.05) is 18.0 Å². The molecule has 1 saturated carbocycles. The van der Waals surface area contributed by atoms with Crippen molar-refractivity contribution in [3.63, 3.8) is 0 Å². The van der Waals surface area contributed by atoms with E-state index in [-0.39, 0.29) is 34.2 Å². The molecule has 1 heterocycles. The van der Waals surface area contributed by atoms with Crippen LogP contribution in [-0.4, -0.2) is 16.1 Å². The summed E-state index contributed by atoms with van der Waals surface area (Å²) in [7, 11) is 0. The van der Waals surface area contributed by atoms with Gasteiger partial charge in [-0.05, 0) is 43.9 Å². The number of rotatable bonds is 4. The standard InChI is InChI=1S/C17H18ClF3N4O/c18-12-7-6-10(17(19,20)21)8-13(12)25-15-14(22)16(24-9-23-15)26-11-4-2-1-3-5-11/h6-9,11H,1-5,22H2,(H,23,24,25). The summed E-state index contributed by atoms with van der Waals surface area (Å²) in [6, 6.07) is 2.99. The molecule has 1 aliphatic carbocycles. The van der Waals surface area contributed by atoms with Crippen LogP contribution in [0.15, 0.2) is 24.5 Å². The molecule has 9 heteroatoms. The fraction of sp³-hybridized carbons (Fsp3) is 0.412. The molecule has 0 atom stereocenters. The summed E-state index contributed by atoms with van der Waals surface area (Å²) < 4.78 is 44.5. The summed E-state index contributed by atoms with van der Waals surface area (Å²) in [4.78, 5) is 8.04. The zero-order valence-corrected chi connectivity index (χ0v) is 14.6. The SMILES string of the molecule is Nc1c(Nc2cc(C(F)(F)F)ccc2Cl)ncnc1OC1CCCCC1. The van der Waals surface area contributed by atoms with E-state index >= 15 is 0 Å². The van der Waals surface area contributed by atoms with Crippen molar-refractivity contribution in [3.05, 3.63) is 35.1 Å². The molecule has 0 unspecified atom stereocenters. The number of benzene rings is 1. The van der Waals surface area contributed by atoms with Gasteiger partial charge < -0.3 is 15.8 Å². The van der Waals surface area contributed by atoms with Gasteiger partial charge in [-0.2, -0.15) is 18.2 Å². The summed E-state index contributed by atoms with van der Waals surface area (Å²) in [6.07, 6.45) is 2.00. The van der Waals surface area contributed by atoms with Crippen molar-refractivity contribution in [2.45, 2.75) is 44.4 Å². The van der Waals surface area contributed by atoms with Crippen LogP contribution < -0.4 is 15.8 Å². The van der Waals surface area contributed by atoms with Crippen LogP contribution in [-0.2, 0) is 6.18 Å². The van der Waals surface area contributed by atoms with Gasteiger partial charge in [0.05, 0.1) is 16.3 Å². The number of nitrogens with one attached hydrogen (secondary N) is 1. The van der Waals surface area contributed by atoms with Crippen molar-refractivity contribution in [2.24, 2.45) is 0 Å². The van der Waals surface area contributed by atoms with E-state index in [0.717, 1.165) is 37.8 Å². The Balaban J connectivity index is 1.83. The van der Waals surface area contributed by atoms with Gasteiger partial charge in [-0.3, -0.25) is 0 Å². The molecule has 1 fully saturated rings. The van der Waals surface area contributed by atoms with Crippen LogP contribution in [0.4, 0.5) is 30.4 Å². The molecule has 1 aromatic heterocycles. The van der Waals surface area contributed by atoms with Crippen molar-refractivity contribution in [3.8, 4) is 5.88 Å². The predicted molar refractivity (Wildman–Crippen MR) is 93.7 cm³/mol. The lowest BCUT2D eigenvalue weighted by atomic mass is 9.98. The Morgan fingerprint density at radius 1 is 1.15 bits per heavy atom. The minimum absolute atomic E-state index is 0.0333. The molecule has 140 valence electrons. The number of nitrogens with two attached hydrogens (primary N) is 1. The highest BCUT2D eigenvalue weighted by atomic mass is 35.5. The quantitative estimate of drug-likeness (QED) is 0.756. The van der Waals surface area contributed by atoms with E-state index in [1.165, 1.54) is 18.8 Å². The zero-order valence-electron chi connectivity index (χ0n) is 13.8. The summed E-state index contributed by atoms with van der Waals surface area (Å²) in [6.45, 7) is 0. The summed E-state index contributed by atoms with van der Waals surface area (Å²) in [5.74, 6) is 0.365. The second-order valence-electron chi connectivity index (χ2n) is 6.14.